The van der Waals surface area contributed by atoms with E-state index in [1.807, 2.05) is 18.2 Å². The third kappa shape index (κ3) is 4.82. The minimum atomic E-state index is -0.160. The van der Waals surface area contributed by atoms with Crippen molar-refractivity contribution < 1.29 is 4.79 Å². The van der Waals surface area contributed by atoms with Crippen molar-refractivity contribution in [3.8, 4) is 0 Å². The van der Waals surface area contributed by atoms with Gasteiger partial charge < -0.3 is 4.90 Å². The van der Waals surface area contributed by atoms with Crippen molar-refractivity contribution in [3.63, 3.8) is 0 Å². The summed E-state index contributed by atoms with van der Waals surface area (Å²) in [7, 11) is 0. The van der Waals surface area contributed by atoms with E-state index in [2.05, 4.69) is 34.2 Å². The molecule has 2 heterocycles. The molecule has 1 saturated heterocycles. The highest BCUT2D eigenvalue weighted by Gasteiger charge is 2.24. The molecule has 2 aromatic rings. The summed E-state index contributed by atoms with van der Waals surface area (Å²) in [6, 6.07) is 13.4. The first-order valence-electron chi connectivity index (χ1n) is 8.19. The zero-order chi connectivity index (χ0) is 17.6. The Balaban J connectivity index is 1.52. The second-order valence-electron chi connectivity index (χ2n) is 5.87. The summed E-state index contributed by atoms with van der Waals surface area (Å²) in [6.45, 7) is 3.82. The Morgan fingerprint density at radius 3 is 2.48 bits per heavy atom. The third-order valence-corrected chi connectivity index (χ3v) is 4.66. The van der Waals surface area contributed by atoms with Gasteiger partial charge in [0.1, 0.15) is 10.8 Å². The van der Waals surface area contributed by atoms with E-state index in [9.17, 15) is 4.79 Å². The first kappa shape index (κ1) is 17.9. The number of benzene rings is 1. The van der Waals surface area contributed by atoms with Crippen molar-refractivity contribution in [2.45, 2.75) is 0 Å². The lowest BCUT2D eigenvalue weighted by atomic mass is 10.2. The Bertz CT molecular complexity index is 757. The Morgan fingerprint density at radius 1 is 1.04 bits per heavy atom. The molecule has 0 N–H and O–H groups in total. The van der Waals surface area contributed by atoms with Crippen LogP contribution in [0.25, 0.3) is 6.08 Å². The highest BCUT2D eigenvalue weighted by atomic mass is 35.5. The molecule has 130 valence electrons. The molecule has 25 heavy (non-hydrogen) atoms. The van der Waals surface area contributed by atoms with Crippen LogP contribution in [-0.2, 0) is 0 Å². The molecule has 1 aromatic heterocycles. The van der Waals surface area contributed by atoms with Gasteiger partial charge in [-0.15, -0.1) is 0 Å². The van der Waals surface area contributed by atoms with Gasteiger partial charge in [0.2, 0.25) is 0 Å². The molecular weight excluding hydrogens is 357 g/mol. The minimum Gasteiger partial charge on any atom is -0.335 e. The standard InChI is InChI=1S/C19H19Cl2N3O/c20-16-8-9-17(21)22-18(16)19(25)24-13-11-23(12-14-24)10-4-7-15-5-2-1-3-6-15/h1-9H,10-14H2/b7-4+. The third-order valence-electron chi connectivity index (χ3n) is 4.15. The van der Waals surface area contributed by atoms with Crippen LogP contribution < -0.4 is 0 Å². The average molecular weight is 376 g/mol. The molecule has 0 saturated carbocycles. The van der Waals surface area contributed by atoms with Crippen LogP contribution in [0.5, 0.6) is 0 Å². The van der Waals surface area contributed by atoms with E-state index < -0.39 is 0 Å². The fraction of sp³-hybridized carbons (Fsp3) is 0.263. The van der Waals surface area contributed by atoms with Gasteiger partial charge in [-0.25, -0.2) is 4.98 Å². The van der Waals surface area contributed by atoms with Gasteiger partial charge in [0.25, 0.3) is 5.91 Å². The highest BCUT2D eigenvalue weighted by Crippen LogP contribution is 2.19. The summed E-state index contributed by atoms with van der Waals surface area (Å²) in [5.74, 6) is -0.160. The number of aromatic nitrogens is 1. The minimum absolute atomic E-state index is 0.160. The van der Waals surface area contributed by atoms with Crippen LogP contribution in [0.1, 0.15) is 16.1 Å². The van der Waals surface area contributed by atoms with Gasteiger partial charge >= 0.3 is 0 Å². The predicted octanol–water partition coefficient (Wildman–Crippen LogP) is 3.86. The van der Waals surface area contributed by atoms with Crippen molar-refractivity contribution in [3.05, 3.63) is 70.0 Å². The Labute approximate surface area is 157 Å². The lowest BCUT2D eigenvalue weighted by Gasteiger charge is -2.34. The smallest absolute Gasteiger partial charge is 0.274 e. The number of carbonyl (C=O) groups is 1. The number of piperazine rings is 1. The number of amides is 1. The van der Waals surface area contributed by atoms with E-state index in [4.69, 9.17) is 23.2 Å². The molecule has 1 amide bonds. The molecule has 0 radical (unpaired) electrons. The Kier molecular flexibility index (Phi) is 6.08. The van der Waals surface area contributed by atoms with Crippen LogP contribution in [0.4, 0.5) is 0 Å². The molecule has 0 atom stereocenters. The molecule has 0 spiro atoms. The van der Waals surface area contributed by atoms with E-state index in [-0.39, 0.29) is 16.8 Å². The van der Waals surface area contributed by atoms with Crippen LogP contribution in [0.2, 0.25) is 10.2 Å². The van der Waals surface area contributed by atoms with Crippen molar-refractivity contribution in [1.82, 2.24) is 14.8 Å². The highest BCUT2D eigenvalue weighted by molar-refractivity contribution is 6.34. The van der Waals surface area contributed by atoms with Gasteiger partial charge in [0.05, 0.1) is 5.02 Å². The van der Waals surface area contributed by atoms with Gasteiger partial charge in [-0.05, 0) is 17.7 Å². The maximum absolute atomic E-state index is 12.6. The van der Waals surface area contributed by atoms with E-state index in [1.54, 1.807) is 17.0 Å². The second-order valence-corrected chi connectivity index (χ2v) is 6.66. The SMILES string of the molecule is O=C(c1nc(Cl)ccc1Cl)N1CCN(C/C=C/c2ccccc2)CC1. The molecule has 0 bridgehead atoms. The zero-order valence-electron chi connectivity index (χ0n) is 13.7. The maximum Gasteiger partial charge on any atom is 0.274 e. The second kappa shape index (κ2) is 8.48. The van der Waals surface area contributed by atoms with Gasteiger partial charge in [0.15, 0.2) is 0 Å². The van der Waals surface area contributed by atoms with Crippen molar-refractivity contribution in [1.29, 1.82) is 0 Å². The summed E-state index contributed by atoms with van der Waals surface area (Å²) >= 11 is 12.0. The molecule has 1 fully saturated rings. The lowest BCUT2D eigenvalue weighted by Crippen LogP contribution is -2.48. The molecule has 1 aliphatic rings. The summed E-state index contributed by atoms with van der Waals surface area (Å²) < 4.78 is 0. The first-order chi connectivity index (χ1) is 12.1. The number of hydrogen-bond acceptors (Lipinski definition) is 3. The topological polar surface area (TPSA) is 36.4 Å². The fourth-order valence-corrected chi connectivity index (χ4v) is 3.09. The molecule has 3 rings (SSSR count). The summed E-state index contributed by atoms with van der Waals surface area (Å²) in [6.07, 6.45) is 4.27. The molecule has 6 heteroatoms. The predicted molar refractivity (Wildman–Crippen MR) is 102 cm³/mol. The number of rotatable bonds is 4. The van der Waals surface area contributed by atoms with E-state index >= 15 is 0 Å². The van der Waals surface area contributed by atoms with E-state index in [1.165, 1.54) is 5.56 Å². The number of hydrogen-bond donors (Lipinski definition) is 0. The van der Waals surface area contributed by atoms with Crippen LogP contribution in [0, 0.1) is 0 Å². The average Bonchev–Trinajstić information content (AvgIpc) is 2.65. The monoisotopic (exact) mass is 375 g/mol. The van der Waals surface area contributed by atoms with Crippen LogP contribution in [0.3, 0.4) is 0 Å². The number of pyridine rings is 1. The van der Waals surface area contributed by atoms with E-state index in [0.717, 1.165) is 19.6 Å². The number of halogens is 2. The summed E-state index contributed by atoms with van der Waals surface area (Å²) in [5.41, 5.74) is 1.42. The molecule has 0 aliphatic carbocycles. The normalized spacial score (nSPS) is 15.7. The molecule has 1 aliphatic heterocycles. The van der Waals surface area contributed by atoms with Gasteiger partial charge in [0, 0.05) is 32.7 Å². The first-order valence-corrected chi connectivity index (χ1v) is 8.94. The van der Waals surface area contributed by atoms with Gasteiger partial charge in [-0.2, -0.15) is 0 Å². The number of carbonyl (C=O) groups excluding carboxylic acids is 1. The largest absolute Gasteiger partial charge is 0.335 e. The van der Waals surface area contributed by atoms with Gasteiger partial charge in [-0.1, -0.05) is 65.7 Å². The van der Waals surface area contributed by atoms with Crippen LogP contribution >= 0.6 is 23.2 Å². The lowest BCUT2D eigenvalue weighted by molar-refractivity contribution is 0.0644. The zero-order valence-corrected chi connectivity index (χ0v) is 15.2. The summed E-state index contributed by atoms with van der Waals surface area (Å²) in [4.78, 5) is 20.7. The fourth-order valence-electron chi connectivity index (χ4n) is 2.75. The van der Waals surface area contributed by atoms with Gasteiger partial charge in [-0.3, -0.25) is 9.69 Å². The van der Waals surface area contributed by atoms with E-state index in [0.29, 0.717) is 18.1 Å². The quantitative estimate of drug-likeness (QED) is 0.761. The van der Waals surface area contributed by atoms with Crippen molar-refractivity contribution in [2.75, 3.05) is 32.7 Å². The molecular formula is C19H19Cl2N3O. The molecule has 1 aromatic carbocycles. The van der Waals surface area contributed by atoms with Crippen molar-refractivity contribution in [2.24, 2.45) is 0 Å². The maximum atomic E-state index is 12.6. The Morgan fingerprint density at radius 2 is 1.76 bits per heavy atom. The van der Waals surface area contributed by atoms with Crippen LogP contribution in [0.15, 0.2) is 48.5 Å². The molecule has 0 unspecified atom stereocenters. The Hall–Kier alpha value is -1.88. The van der Waals surface area contributed by atoms with Crippen molar-refractivity contribution >= 4 is 35.2 Å². The summed E-state index contributed by atoms with van der Waals surface area (Å²) in [5, 5.41) is 0.611. The van der Waals surface area contributed by atoms with Crippen LogP contribution in [-0.4, -0.2) is 53.4 Å². The number of nitrogens with zero attached hydrogens (tertiary/aromatic N) is 3. The molecule has 4 nitrogen and oxygen atoms in total.